The third-order valence-corrected chi connectivity index (χ3v) is 4.10. The molecule has 1 heterocycles. The number of amides is 1. The maximum absolute atomic E-state index is 12.3. The van der Waals surface area contributed by atoms with E-state index < -0.39 is 0 Å². The van der Waals surface area contributed by atoms with E-state index in [0.717, 1.165) is 25.9 Å². The van der Waals surface area contributed by atoms with E-state index in [2.05, 4.69) is 10.2 Å². The summed E-state index contributed by atoms with van der Waals surface area (Å²) in [6.45, 7) is 7.89. The van der Waals surface area contributed by atoms with Gasteiger partial charge in [0.2, 0.25) is 5.91 Å². The van der Waals surface area contributed by atoms with Crippen LogP contribution in [0.3, 0.4) is 0 Å². The quantitative estimate of drug-likeness (QED) is 0.768. The normalized spacial score (nSPS) is 15.8. The van der Waals surface area contributed by atoms with Crippen LogP contribution in [-0.2, 0) is 14.3 Å². The van der Waals surface area contributed by atoms with Crippen molar-refractivity contribution in [1.29, 1.82) is 0 Å². The molecule has 0 bridgehead atoms. The van der Waals surface area contributed by atoms with E-state index in [4.69, 9.17) is 9.47 Å². The average Bonchev–Trinajstić information content (AvgIpc) is 2.57. The maximum Gasteiger partial charge on any atom is 0.309 e. The lowest BCUT2D eigenvalue weighted by Gasteiger charge is -2.30. The van der Waals surface area contributed by atoms with Gasteiger partial charge in [-0.2, -0.15) is 0 Å². The molecule has 6 nitrogen and oxygen atoms in total. The van der Waals surface area contributed by atoms with Gasteiger partial charge in [-0.1, -0.05) is 12.1 Å². The summed E-state index contributed by atoms with van der Waals surface area (Å²) in [5, 5.41) is 2.92. The molecule has 0 aliphatic carbocycles. The van der Waals surface area contributed by atoms with Crippen LogP contribution in [0.1, 0.15) is 33.6 Å². The zero-order valence-corrected chi connectivity index (χ0v) is 15.3. The van der Waals surface area contributed by atoms with Gasteiger partial charge in [0, 0.05) is 0 Å². The van der Waals surface area contributed by atoms with E-state index in [1.54, 1.807) is 0 Å². The number of carbonyl (C=O) groups excluding carboxylic acids is 2. The van der Waals surface area contributed by atoms with Crippen molar-refractivity contribution in [3.8, 4) is 5.75 Å². The molecule has 0 saturated carbocycles. The number of ether oxygens (including phenoxy) is 2. The van der Waals surface area contributed by atoms with Crippen molar-refractivity contribution in [2.45, 2.75) is 39.7 Å². The van der Waals surface area contributed by atoms with Gasteiger partial charge in [0.05, 0.1) is 30.9 Å². The average molecular weight is 348 g/mol. The number of esters is 1. The lowest BCUT2D eigenvalue weighted by Crippen LogP contribution is -2.41. The molecule has 1 aliphatic rings. The fourth-order valence-electron chi connectivity index (χ4n) is 2.91. The number of nitrogens with zero attached hydrogens (tertiary/aromatic N) is 1. The van der Waals surface area contributed by atoms with Gasteiger partial charge in [-0.25, -0.2) is 0 Å². The first kappa shape index (κ1) is 19.2. The second kappa shape index (κ2) is 9.42. The topological polar surface area (TPSA) is 67.9 Å². The summed E-state index contributed by atoms with van der Waals surface area (Å²) in [6.07, 6.45) is 1.51. The van der Waals surface area contributed by atoms with Crippen LogP contribution in [0.4, 0.5) is 5.69 Å². The van der Waals surface area contributed by atoms with Crippen LogP contribution in [0.5, 0.6) is 5.75 Å². The molecule has 2 rings (SSSR count). The van der Waals surface area contributed by atoms with Crippen LogP contribution in [0, 0.1) is 5.92 Å². The zero-order valence-electron chi connectivity index (χ0n) is 15.3. The Balaban J connectivity index is 1.83. The Morgan fingerprint density at radius 2 is 1.92 bits per heavy atom. The predicted molar refractivity (Wildman–Crippen MR) is 96.6 cm³/mol. The summed E-state index contributed by atoms with van der Waals surface area (Å²) < 4.78 is 10.8. The number of nitrogens with one attached hydrogen (secondary N) is 1. The standard InChI is InChI=1S/C19H28N2O4/c1-4-24-19(23)15-9-11-21(12-10-15)13-18(22)20-16-7-5-6-8-17(16)25-14(2)3/h5-8,14-15H,4,9-13H2,1-3H3,(H,20,22). The van der Waals surface area contributed by atoms with E-state index in [1.165, 1.54) is 0 Å². The summed E-state index contributed by atoms with van der Waals surface area (Å²) in [5.41, 5.74) is 0.683. The monoisotopic (exact) mass is 348 g/mol. The van der Waals surface area contributed by atoms with E-state index in [-0.39, 0.29) is 23.9 Å². The Kier molecular flexibility index (Phi) is 7.25. The second-order valence-electron chi connectivity index (χ2n) is 6.51. The smallest absolute Gasteiger partial charge is 0.309 e. The molecule has 0 atom stereocenters. The minimum atomic E-state index is -0.119. The molecule has 25 heavy (non-hydrogen) atoms. The number of carbonyl (C=O) groups is 2. The third-order valence-electron chi connectivity index (χ3n) is 4.10. The van der Waals surface area contributed by atoms with Crippen molar-refractivity contribution in [2.24, 2.45) is 5.92 Å². The molecule has 1 aromatic carbocycles. The molecule has 0 spiro atoms. The lowest BCUT2D eigenvalue weighted by atomic mass is 9.97. The summed E-state index contributed by atoms with van der Waals surface area (Å²) in [4.78, 5) is 26.2. The summed E-state index contributed by atoms with van der Waals surface area (Å²) in [5.74, 6) is 0.437. The van der Waals surface area contributed by atoms with Crippen molar-refractivity contribution in [3.63, 3.8) is 0 Å². The van der Waals surface area contributed by atoms with Gasteiger partial charge in [0.15, 0.2) is 0 Å². The van der Waals surface area contributed by atoms with Gasteiger partial charge in [-0.3, -0.25) is 14.5 Å². The van der Waals surface area contributed by atoms with Crippen LogP contribution < -0.4 is 10.1 Å². The van der Waals surface area contributed by atoms with Gasteiger partial charge in [-0.05, 0) is 58.8 Å². The third kappa shape index (κ3) is 6.05. The maximum atomic E-state index is 12.3. The van der Waals surface area contributed by atoms with Crippen LogP contribution in [-0.4, -0.2) is 49.1 Å². The Morgan fingerprint density at radius 1 is 1.24 bits per heavy atom. The molecule has 1 fully saturated rings. The van der Waals surface area contributed by atoms with Gasteiger partial charge < -0.3 is 14.8 Å². The molecule has 0 aromatic heterocycles. The Hall–Kier alpha value is -2.08. The first-order valence-electron chi connectivity index (χ1n) is 8.94. The molecule has 1 aromatic rings. The Morgan fingerprint density at radius 3 is 2.56 bits per heavy atom. The largest absolute Gasteiger partial charge is 0.489 e. The zero-order chi connectivity index (χ0) is 18.2. The molecule has 0 unspecified atom stereocenters. The molecule has 0 radical (unpaired) electrons. The summed E-state index contributed by atoms with van der Waals surface area (Å²) >= 11 is 0. The van der Waals surface area contributed by atoms with Gasteiger partial charge in [-0.15, -0.1) is 0 Å². The second-order valence-corrected chi connectivity index (χ2v) is 6.51. The van der Waals surface area contributed by atoms with Gasteiger partial charge >= 0.3 is 5.97 Å². The van der Waals surface area contributed by atoms with Crippen molar-refractivity contribution in [1.82, 2.24) is 4.90 Å². The first-order valence-corrected chi connectivity index (χ1v) is 8.94. The highest BCUT2D eigenvalue weighted by atomic mass is 16.5. The minimum Gasteiger partial charge on any atom is -0.489 e. The van der Waals surface area contributed by atoms with Crippen molar-refractivity contribution in [2.75, 3.05) is 31.6 Å². The van der Waals surface area contributed by atoms with E-state index in [1.807, 2.05) is 45.0 Å². The molecular formula is C19H28N2O4. The molecule has 1 saturated heterocycles. The van der Waals surface area contributed by atoms with Crippen LogP contribution in [0.2, 0.25) is 0 Å². The molecule has 1 amide bonds. The molecule has 138 valence electrons. The Labute approximate surface area is 149 Å². The van der Waals surface area contributed by atoms with Crippen molar-refractivity contribution in [3.05, 3.63) is 24.3 Å². The van der Waals surface area contributed by atoms with Crippen molar-refractivity contribution < 1.29 is 19.1 Å². The first-order chi connectivity index (χ1) is 12.0. The Bertz CT molecular complexity index is 581. The summed E-state index contributed by atoms with van der Waals surface area (Å²) in [6, 6.07) is 7.43. The molecule has 6 heteroatoms. The number of hydrogen-bond donors (Lipinski definition) is 1. The number of benzene rings is 1. The SMILES string of the molecule is CCOC(=O)C1CCN(CC(=O)Nc2ccccc2OC(C)C)CC1. The molecular weight excluding hydrogens is 320 g/mol. The van der Waals surface area contributed by atoms with Crippen LogP contribution in [0.25, 0.3) is 0 Å². The van der Waals surface area contributed by atoms with Crippen LogP contribution >= 0.6 is 0 Å². The highest BCUT2D eigenvalue weighted by Gasteiger charge is 2.26. The summed E-state index contributed by atoms with van der Waals surface area (Å²) in [7, 11) is 0. The lowest BCUT2D eigenvalue weighted by molar-refractivity contribution is -0.149. The van der Waals surface area contributed by atoms with Crippen molar-refractivity contribution >= 4 is 17.6 Å². The number of piperidine rings is 1. The van der Waals surface area contributed by atoms with Gasteiger partial charge in [0.1, 0.15) is 5.75 Å². The van der Waals surface area contributed by atoms with E-state index >= 15 is 0 Å². The van der Waals surface area contributed by atoms with Gasteiger partial charge in [0.25, 0.3) is 0 Å². The molecule has 1 N–H and O–H groups in total. The highest BCUT2D eigenvalue weighted by Crippen LogP contribution is 2.25. The number of likely N-dealkylation sites (tertiary alicyclic amines) is 1. The number of rotatable bonds is 7. The predicted octanol–water partition coefficient (Wildman–Crippen LogP) is 2.69. The fourth-order valence-corrected chi connectivity index (χ4v) is 2.91. The van der Waals surface area contributed by atoms with Crippen LogP contribution in [0.15, 0.2) is 24.3 Å². The van der Waals surface area contributed by atoms with E-state index in [9.17, 15) is 9.59 Å². The fraction of sp³-hybridized carbons (Fsp3) is 0.579. The van der Waals surface area contributed by atoms with E-state index in [0.29, 0.717) is 24.6 Å². The number of anilines is 1. The molecule has 1 aliphatic heterocycles. The highest BCUT2D eigenvalue weighted by molar-refractivity contribution is 5.93. The number of hydrogen-bond acceptors (Lipinski definition) is 5. The number of para-hydroxylation sites is 2. The minimum absolute atomic E-state index is 0.0416.